The molecule has 0 atom stereocenters. The van der Waals surface area contributed by atoms with Crippen LogP contribution in [0.4, 0.5) is 0 Å². The Labute approximate surface area is 189 Å². The summed E-state index contributed by atoms with van der Waals surface area (Å²) in [6, 6.07) is 21.0. The lowest BCUT2D eigenvalue weighted by atomic mass is 10.1. The van der Waals surface area contributed by atoms with Crippen molar-refractivity contribution in [1.29, 1.82) is 0 Å². The summed E-state index contributed by atoms with van der Waals surface area (Å²) in [6.45, 7) is 0. The van der Waals surface area contributed by atoms with Gasteiger partial charge in [0, 0.05) is 27.4 Å². The molecule has 1 aromatic heterocycles. The number of hydrogen-bond acceptors (Lipinski definition) is 3. The molecule has 0 unspecified atom stereocenters. The van der Waals surface area contributed by atoms with Gasteiger partial charge >= 0.3 is 0 Å². The van der Waals surface area contributed by atoms with Gasteiger partial charge in [-0.3, -0.25) is 0 Å². The number of benzene rings is 3. The predicted molar refractivity (Wildman–Crippen MR) is 123 cm³/mol. The van der Waals surface area contributed by atoms with Crippen LogP contribution in [0.2, 0.25) is 15.1 Å². The fraction of sp³-hybridized carbons (Fsp3) is 0.0455. The van der Waals surface area contributed by atoms with E-state index >= 15 is 0 Å². The van der Waals surface area contributed by atoms with Crippen molar-refractivity contribution < 1.29 is 8.42 Å². The van der Waals surface area contributed by atoms with Gasteiger partial charge in [-0.1, -0.05) is 59.1 Å². The van der Waals surface area contributed by atoms with Gasteiger partial charge in [0.25, 0.3) is 0 Å². The first-order chi connectivity index (χ1) is 14.2. The van der Waals surface area contributed by atoms with Gasteiger partial charge < -0.3 is 0 Å². The first-order valence-electron chi connectivity index (χ1n) is 8.85. The van der Waals surface area contributed by atoms with Gasteiger partial charge in [-0.2, -0.15) is 5.10 Å². The summed E-state index contributed by atoms with van der Waals surface area (Å²) in [5, 5.41) is 6.42. The van der Waals surface area contributed by atoms with E-state index in [4.69, 9.17) is 39.9 Å². The topological polar surface area (TPSA) is 52.0 Å². The van der Waals surface area contributed by atoms with Crippen molar-refractivity contribution in [3.05, 3.63) is 87.9 Å². The van der Waals surface area contributed by atoms with Crippen molar-refractivity contribution >= 4 is 44.6 Å². The van der Waals surface area contributed by atoms with Gasteiger partial charge in [-0.05, 0) is 48.5 Å². The van der Waals surface area contributed by atoms with Crippen LogP contribution in [0.15, 0.2) is 77.7 Å². The van der Waals surface area contributed by atoms with E-state index in [0.29, 0.717) is 32.1 Å². The third-order valence-electron chi connectivity index (χ3n) is 4.57. The number of halogens is 3. The molecule has 4 nitrogen and oxygen atoms in total. The molecule has 0 saturated carbocycles. The zero-order valence-corrected chi connectivity index (χ0v) is 18.8. The number of nitrogens with zero attached hydrogens (tertiary/aromatic N) is 2. The van der Waals surface area contributed by atoms with Gasteiger partial charge in [0.05, 0.1) is 21.3 Å². The largest absolute Gasteiger partial charge is 0.231 e. The highest BCUT2D eigenvalue weighted by Crippen LogP contribution is 2.38. The number of rotatable bonds is 4. The fourth-order valence-corrected chi connectivity index (χ4v) is 4.29. The molecule has 0 aliphatic heterocycles. The Balaban J connectivity index is 1.93. The standard InChI is InChI=1S/C22H15Cl3N2O2S/c1-30(28,29)19-12-10-18(11-13-19)27-22(15-4-8-17(24)9-5-15)20(25)21(26-27)14-2-6-16(23)7-3-14/h2-13H,1H3. The van der Waals surface area contributed by atoms with Crippen LogP contribution in [-0.4, -0.2) is 24.5 Å². The van der Waals surface area contributed by atoms with E-state index in [2.05, 4.69) is 0 Å². The first kappa shape index (κ1) is 20.9. The average molecular weight is 478 g/mol. The van der Waals surface area contributed by atoms with Crippen LogP contribution < -0.4 is 0 Å². The fourth-order valence-electron chi connectivity index (χ4n) is 3.07. The smallest absolute Gasteiger partial charge is 0.175 e. The molecule has 3 aromatic carbocycles. The number of sulfone groups is 1. The molecule has 0 amide bonds. The highest BCUT2D eigenvalue weighted by Gasteiger charge is 2.21. The van der Waals surface area contributed by atoms with Crippen LogP contribution in [0, 0.1) is 0 Å². The summed E-state index contributed by atoms with van der Waals surface area (Å²) >= 11 is 18.8. The van der Waals surface area contributed by atoms with E-state index in [1.807, 2.05) is 24.3 Å². The highest BCUT2D eigenvalue weighted by molar-refractivity contribution is 7.90. The highest BCUT2D eigenvalue weighted by atomic mass is 35.5. The molecule has 0 fully saturated rings. The molecule has 4 aromatic rings. The van der Waals surface area contributed by atoms with Crippen molar-refractivity contribution in [1.82, 2.24) is 9.78 Å². The van der Waals surface area contributed by atoms with Crippen molar-refractivity contribution in [2.45, 2.75) is 4.90 Å². The lowest BCUT2D eigenvalue weighted by Gasteiger charge is -2.09. The Morgan fingerprint density at radius 1 is 0.733 bits per heavy atom. The first-order valence-corrected chi connectivity index (χ1v) is 11.9. The van der Waals surface area contributed by atoms with E-state index in [1.165, 1.54) is 6.26 Å². The summed E-state index contributed by atoms with van der Waals surface area (Å²) in [6.07, 6.45) is 1.17. The molecule has 30 heavy (non-hydrogen) atoms. The zero-order chi connectivity index (χ0) is 21.5. The molecule has 0 spiro atoms. The van der Waals surface area contributed by atoms with Gasteiger partial charge in [-0.15, -0.1) is 0 Å². The van der Waals surface area contributed by atoms with Crippen LogP contribution in [0.5, 0.6) is 0 Å². The molecule has 0 saturated heterocycles. The Hall–Kier alpha value is -2.31. The maximum absolute atomic E-state index is 11.8. The van der Waals surface area contributed by atoms with Gasteiger partial charge in [0.2, 0.25) is 0 Å². The van der Waals surface area contributed by atoms with Crippen LogP contribution in [0.1, 0.15) is 0 Å². The second-order valence-electron chi connectivity index (χ2n) is 6.70. The average Bonchev–Trinajstić information content (AvgIpc) is 3.06. The number of hydrogen-bond donors (Lipinski definition) is 0. The quantitative estimate of drug-likeness (QED) is 0.334. The van der Waals surface area contributed by atoms with Crippen LogP contribution in [0.3, 0.4) is 0 Å². The van der Waals surface area contributed by atoms with Gasteiger partial charge in [0.1, 0.15) is 5.69 Å². The third kappa shape index (κ3) is 4.12. The van der Waals surface area contributed by atoms with Crippen LogP contribution in [0.25, 0.3) is 28.2 Å². The molecule has 0 N–H and O–H groups in total. The Morgan fingerprint density at radius 3 is 1.73 bits per heavy atom. The molecule has 8 heteroatoms. The second kappa shape index (κ2) is 8.08. The molecular weight excluding hydrogens is 463 g/mol. The molecule has 0 radical (unpaired) electrons. The molecule has 0 aliphatic rings. The Bertz CT molecular complexity index is 1310. The summed E-state index contributed by atoms with van der Waals surface area (Å²) in [4.78, 5) is 0.232. The molecule has 4 rings (SSSR count). The van der Waals surface area contributed by atoms with E-state index in [9.17, 15) is 8.42 Å². The minimum atomic E-state index is -3.30. The minimum Gasteiger partial charge on any atom is -0.231 e. The Morgan fingerprint density at radius 2 is 1.23 bits per heavy atom. The molecular formula is C22H15Cl3N2O2S. The third-order valence-corrected chi connectivity index (χ3v) is 6.56. The molecule has 0 bridgehead atoms. The van der Waals surface area contributed by atoms with Crippen molar-refractivity contribution in [3.8, 4) is 28.2 Å². The van der Waals surface area contributed by atoms with Crippen molar-refractivity contribution in [2.75, 3.05) is 6.26 Å². The Kier molecular flexibility index (Phi) is 5.64. The maximum Gasteiger partial charge on any atom is 0.175 e. The van der Waals surface area contributed by atoms with Crippen molar-refractivity contribution in [2.24, 2.45) is 0 Å². The summed E-state index contributed by atoms with van der Waals surface area (Å²) in [7, 11) is -3.30. The maximum atomic E-state index is 11.8. The minimum absolute atomic E-state index is 0.232. The van der Waals surface area contributed by atoms with E-state index in [0.717, 1.165) is 11.1 Å². The SMILES string of the molecule is CS(=O)(=O)c1ccc(-n2nc(-c3ccc(Cl)cc3)c(Cl)c2-c2ccc(Cl)cc2)cc1. The second-order valence-corrected chi connectivity index (χ2v) is 9.97. The summed E-state index contributed by atoms with van der Waals surface area (Å²) < 4.78 is 25.3. The van der Waals surface area contributed by atoms with Gasteiger partial charge in [-0.25, -0.2) is 13.1 Å². The van der Waals surface area contributed by atoms with E-state index < -0.39 is 9.84 Å². The summed E-state index contributed by atoms with van der Waals surface area (Å²) in [5.41, 5.74) is 3.57. The van der Waals surface area contributed by atoms with Crippen molar-refractivity contribution in [3.63, 3.8) is 0 Å². The van der Waals surface area contributed by atoms with Gasteiger partial charge in [0.15, 0.2) is 9.84 Å². The molecule has 152 valence electrons. The summed E-state index contributed by atoms with van der Waals surface area (Å²) in [5.74, 6) is 0. The number of aromatic nitrogens is 2. The predicted octanol–water partition coefficient (Wildman–Crippen LogP) is 6.57. The molecule has 1 heterocycles. The zero-order valence-electron chi connectivity index (χ0n) is 15.7. The lowest BCUT2D eigenvalue weighted by Crippen LogP contribution is -2.01. The molecule has 0 aliphatic carbocycles. The van der Waals surface area contributed by atoms with Crippen LogP contribution in [-0.2, 0) is 9.84 Å². The van der Waals surface area contributed by atoms with E-state index in [1.54, 1.807) is 53.2 Å². The monoisotopic (exact) mass is 476 g/mol. The van der Waals surface area contributed by atoms with Crippen LogP contribution >= 0.6 is 34.8 Å². The lowest BCUT2D eigenvalue weighted by molar-refractivity contribution is 0.602. The van der Waals surface area contributed by atoms with E-state index in [-0.39, 0.29) is 4.90 Å². The normalized spacial score (nSPS) is 11.6.